The van der Waals surface area contributed by atoms with Crippen LogP contribution in [0.5, 0.6) is 0 Å². The molecule has 3 aliphatic heterocycles. The summed E-state index contributed by atoms with van der Waals surface area (Å²) >= 11 is 0. The van der Waals surface area contributed by atoms with E-state index in [0.717, 1.165) is 46.7 Å². The Morgan fingerprint density at radius 1 is 0.892 bits per heavy atom. The van der Waals surface area contributed by atoms with E-state index in [2.05, 4.69) is 68.4 Å². The number of imide groups is 1. The van der Waals surface area contributed by atoms with Gasteiger partial charge in [0.2, 0.25) is 5.36 Å². The molecule has 65 heavy (non-hydrogen) atoms. The molecule has 1 aliphatic carbocycles. The fourth-order valence-corrected chi connectivity index (χ4v) is 8.59. The van der Waals surface area contributed by atoms with Crippen LogP contribution < -0.4 is 14.8 Å². The molecule has 3 heterocycles. The lowest BCUT2D eigenvalue weighted by Gasteiger charge is -2.30. The van der Waals surface area contributed by atoms with Gasteiger partial charge in [-0.05, 0) is 99.1 Å². The first-order valence-corrected chi connectivity index (χ1v) is 23.6. The molecule has 0 aromatic heterocycles. The maximum Gasteiger partial charge on any atom is 0.333 e. The first-order valence-electron chi connectivity index (χ1n) is 22.2. The Hall–Kier alpha value is -4.71. The summed E-state index contributed by atoms with van der Waals surface area (Å²) < 4.78 is 68.2. The number of hydrogen-bond acceptors (Lipinski definition) is 13. The second kappa shape index (κ2) is 24.2. The van der Waals surface area contributed by atoms with Gasteiger partial charge in [-0.2, -0.15) is 0 Å². The Morgan fingerprint density at radius 2 is 1.54 bits per heavy atom. The Kier molecular flexibility index (Phi) is 19.7. The topological polar surface area (TPSA) is 177 Å². The van der Waals surface area contributed by atoms with Gasteiger partial charge in [0.15, 0.2) is 0 Å². The number of hydrogen-bond donors (Lipinski definition) is 0. The van der Waals surface area contributed by atoms with Crippen LogP contribution in [0.3, 0.4) is 0 Å². The van der Waals surface area contributed by atoms with Crippen LogP contribution >= 0.6 is 0 Å². The number of nitrogens with zero attached hydrogens (tertiary/aromatic N) is 3. The molecule has 1 unspecified atom stereocenters. The number of carbonyl (C=O) groups is 3. The van der Waals surface area contributed by atoms with Crippen LogP contribution in [0.4, 0.5) is 5.69 Å². The molecule has 4 aliphatic rings. The van der Waals surface area contributed by atoms with Gasteiger partial charge in [0.25, 0.3) is 11.8 Å². The number of fused-ring (bicyclic) bond motifs is 2. The van der Waals surface area contributed by atoms with Crippen molar-refractivity contribution in [2.24, 2.45) is 0 Å². The van der Waals surface area contributed by atoms with Gasteiger partial charge in [-0.25, -0.2) is 17.8 Å². The lowest BCUT2D eigenvalue weighted by atomic mass is 9.78. The molecule has 5 rings (SSSR count). The summed E-state index contributed by atoms with van der Waals surface area (Å²) in [5, 5.41) is 1.63. The number of allylic oxidation sites excluding steroid dienone is 3. The number of amides is 2. The fourth-order valence-electron chi connectivity index (χ4n) is 8.09. The van der Waals surface area contributed by atoms with Crippen LogP contribution in [-0.2, 0) is 59.1 Å². The maximum absolute atomic E-state index is 12.5. The fraction of sp³-hybridized carbons (Fsp3) is 0.551. The average molecular weight is 924 g/mol. The van der Waals surface area contributed by atoms with E-state index in [9.17, 15) is 27.4 Å². The van der Waals surface area contributed by atoms with Gasteiger partial charge in [-0.15, -0.1) is 5.06 Å². The van der Waals surface area contributed by atoms with Gasteiger partial charge in [0.05, 0.1) is 50.6 Å². The third-order valence-electron chi connectivity index (χ3n) is 11.6. The second-order valence-corrected chi connectivity index (χ2v) is 18.5. The highest BCUT2D eigenvalue weighted by atomic mass is 32.2. The minimum Gasteiger partial charge on any atom is -0.744 e. The van der Waals surface area contributed by atoms with Crippen LogP contribution in [0.2, 0.25) is 0 Å². The van der Waals surface area contributed by atoms with Gasteiger partial charge in [0.1, 0.15) is 34.7 Å². The molecular formula is C49H69N3O12S. The van der Waals surface area contributed by atoms with E-state index >= 15 is 0 Å². The third kappa shape index (κ3) is 13.9. The molecule has 1 fully saturated rings. The van der Waals surface area contributed by atoms with Gasteiger partial charge < -0.3 is 37.7 Å². The predicted octanol–water partition coefficient (Wildman–Crippen LogP) is 6.96. The molecule has 0 saturated carbocycles. The second-order valence-electron chi connectivity index (χ2n) is 17.1. The molecule has 0 N–H and O–H groups in total. The highest BCUT2D eigenvalue weighted by Gasteiger charge is 2.43. The van der Waals surface area contributed by atoms with Crippen molar-refractivity contribution in [3.63, 3.8) is 0 Å². The van der Waals surface area contributed by atoms with Gasteiger partial charge >= 0.3 is 5.97 Å². The quantitative estimate of drug-likeness (QED) is 0.0390. The highest BCUT2D eigenvalue weighted by molar-refractivity contribution is 7.85. The molecule has 1 aromatic carbocycles. The minimum atomic E-state index is -4.77. The summed E-state index contributed by atoms with van der Waals surface area (Å²) in [5.41, 5.74) is 3.49. The van der Waals surface area contributed by atoms with Crippen molar-refractivity contribution in [2.75, 3.05) is 77.9 Å². The van der Waals surface area contributed by atoms with E-state index in [-0.39, 0.29) is 37.0 Å². The maximum atomic E-state index is 12.5. The summed E-state index contributed by atoms with van der Waals surface area (Å²) in [4.78, 5) is 43.2. The zero-order chi connectivity index (χ0) is 46.5. The summed E-state index contributed by atoms with van der Waals surface area (Å²) in [6.07, 6.45) is 8.05. The lowest BCUT2D eigenvalue weighted by Crippen LogP contribution is -2.32. The van der Waals surface area contributed by atoms with Gasteiger partial charge in [-0.1, -0.05) is 40.7 Å². The molecule has 1 saturated heterocycles. The number of methoxy groups -OCH3 is 1. The predicted molar refractivity (Wildman–Crippen MR) is 248 cm³/mol. The normalized spacial score (nSPS) is 17.1. The average Bonchev–Trinajstić information content (AvgIpc) is 3.68. The smallest absolute Gasteiger partial charge is 0.333 e. The Morgan fingerprint density at radius 3 is 2.15 bits per heavy atom. The largest absolute Gasteiger partial charge is 0.744 e. The highest BCUT2D eigenvalue weighted by Crippen LogP contribution is 2.51. The van der Waals surface area contributed by atoms with Crippen LogP contribution in [0, 0.1) is 0 Å². The zero-order valence-corrected chi connectivity index (χ0v) is 39.3. The van der Waals surface area contributed by atoms with Crippen molar-refractivity contribution < 1.29 is 55.6 Å². The first kappa shape index (κ1) is 52.9. The molecule has 2 amide bonds. The van der Waals surface area contributed by atoms with Crippen molar-refractivity contribution >= 4 is 39.7 Å². The number of unbranched alkanes of at least 4 members (excludes halogenated alkanes) is 2. The van der Waals surface area contributed by atoms with Crippen LogP contribution in [0.25, 0.3) is 17.4 Å². The number of benzene rings is 2. The van der Waals surface area contributed by atoms with E-state index in [1.807, 2.05) is 25.2 Å². The summed E-state index contributed by atoms with van der Waals surface area (Å²) in [5.74, 6) is -0.272. The number of anilines is 1. The van der Waals surface area contributed by atoms with Crippen molar-refractivity contribution in [2.45, 2.75) is 110 Å². The van der Waals surface area contributed by atoms with Crippen molar-refractivity contribution in [3.8, 4) is 11.3 Å². The molecule has 0 radical (unpaired) electrons. The lowest BCUT2D eigenvalue weighted by molar-refractivity contribution is -0.197. The van der Waals surface area contributed by atoms with Gasteiger partial charge in [-0.3, -0.25) is 9.59 Å². The minimum absolute atomic E-state index is 0. The molecule has 0 bridgehead atoms. The first-order chi connectivity index (χ1) is 30.5. The number of carbonyl (C=O) groups excluding carboxylic acids is 3. The number of hydroxylamine groups is 2. The molecule has 15 nitrogen and oxygen atoms in total. The third-order valence-corrected chi connectivity index (χ3v) is 12.4. The zero-order valence-electron chi connectivity index (χ0n) is 38.4. The molecule has 16 heteroatoms. The van der Waals surface area contributed by atoms with E-state index in [4.69, 9.17) is 28.2 Å². The Labute approximate surface area is 385 Å². The van der Waals surface area contributed by atoms with Crippen molar-refractivity contribution in [1.82, 2.24) is 9.64 Å². The summed E-state index contributed by atoms with van der Waals surface area (Å²) in [6.45, 7) is 17.9. The molecular weight excluding hydrogens is 855 g/mol. The molecule has 1 aromatic rings. The number of rotatable bonds is 24. The SMILES string of the molecule is C.CC[N+](CC)=c1ccc2c(C(C)(C)C)cc(/C=C/C=C3/N(CCCCCC(=O)ON4C(=O)CCC4=O)c4ccc(S(=O)(=O)[O-])cc4C3(C)CCOCCOCCOCCOC)oc-2c1. The van der Waals surface area contributed by atoms with Gasteiger partial charge in [0, 0.05) is 68.0 Å². The van der Waals surface area contributed by atoms with Crippen LogP contribution in [0.1, 0.15) is 111 Å². The van der Waals surface area contributed by atoms with E-state index in [1.54, 1.807) is 13.2 Å². The van der Waals surface area contributed by atoms with Crippen molar-refractivity contribution in [1.29, 1.82) is 0 Å². The standard InChI is InChI=1S/C48H65N3O12S.CH4/c1-8-49(9-2)35-17-19-38-39(47(3,4)5)33-36(62-42(38)32-35)14-13-15-43-48(6,23-25-59-28-29-61-31-30-60-27-26-58-7)40-34-37(64(55,56)57)18-20-41(40)50(43)24-12-10-11-16-46(54)63-51-44(52)21-22-45(51)53;/h13-15,17-20,32-34H,8-12,16,21-31H2,1-7H3;1H4. The Balaban J connectivity index is 0.00000925. The molecule has 0 spiro atoms. The van der Waals surface area contributed by atoms with Crippen molar-refractivity contribution in [3.05, 3.63) is 82.6 Å². The molecule has 1 atom stereocenters. The van der Waals surface area contributed by atoms with Crippen LogP contribution in [-0.4, -0.2) is 109 Å². The number of ether oxygens (including phenoxy) is 4. The van der Waals surface area contributed by atoms with E-state index in [1.165, 1.54) is 12.1 Å². The van der Waals surface area contributed by atoms with Crippen LogP contribution in [0.15, 0.2) is 69.6 Å². The monoisotopic (exact) mass is 923 g/mol. The summed E-state index contributed by atoms with van der Waals surface area (Å²) in [7, 11) is -3.16. The summed E-state index contributed by atoms with van der Waals surface area (Å²) in [6, 6.07) is 12.9. The van der Waals surface area contributed by atoms with E-state index in [0.29, 0.717) is 94.9 Å². The Bertz CT molecular complexity index is 2290. The van der Waals surface area contributed by atoms with E-state index < -0.39 is 33.3 Å². The molecule has 358 valence electrons.